The summed E-state index contributed by atoms with van der Waals surface area (Å²) in [6, 6.07) is 7.15. The van der Waals surface area contributed by atoms with Crippen LogP contribution in [0.5, 0.6) is 0 Å². The second kappa shape index (κ2) is 6.76. The minimum Gasteiger partial charge on any atom is -0.371 e. The van der Waals surface area contributed by atoms with Gasteiger partial charge < -0.3 is 10.6 Å². The second-order valence-corrected chi connectivity index (χ2v) is 6.54. The van der Waals surface area contributed by atoms with E-state index in [2.05, 4.69) is 53.0 Å². The van der Waals surface area contributed by atoms with Gasteiger partial charge in [-0.05, 0) is 65.2 Å². The lowest BCUT2D eigenvalue weighted by atomic mass is 9.84. The monoisotopic (exact) mass is 324 g/mol. The first-order chi connectivity index (χ1) is 9.15. The van der Waals surface area contributed by atoms with Gasteiger partial charge in [0.1, 0.15) is 0 Å². The molecule has 0 heterocycles. The van der Waals surface area contributed by atoms with Crippen LogP contribution in [0, 0.1) is 5.92 Å². The van der Waals surface area contributed by atoms with Crippen LogP contribution < -0.4 is 10.6 Å². The van der Waals surface area contributed by atoms with Crippen molar-refractivity contribution in [1.82, 2.24) is 0 Å². The Labute approximate surface area is 125 Å². The lowest BCUT2D eigenvalue weighted by Crippen LogP contribution is -2.35. The van der Waals surface area contributed by atoms with Crippen molar-refractivity contribution in [3.8, 4) is 0 Å². The quantitative estimate of drug-likeness (QED) is 0.894. The van der Waals surface area contributed by atoms with Crippen molar-refractivity contribution in [2.45, 2.75) is 51.6 Å². The standard InChI is InChI=1S/C16H25BrN2/c1-3-12-4-7-14(8-5-12)19(2)16-9-6-13(11-18)10-15(16)17/h6,9-10,12,14H,3-5,7-8,11,18H2,1-2H3. The highest BCUT2D eigenvalue weighted by Crippen LogP contribution is 2.34. The van der Waals surface area contributed by atoms with Crippen LogP contribution in [0.25, 0.3) is 0 Å². The van der Waals surface area contributed by atoms with Gasteiger partial charge >= 0.3 is 0 Å². The topological polar surface area (TPSA) is 29.3 Å². The SMILES string of the molecule is CCC1CCC(N(C)c2ccc(CN)cc2Br)CC1. The van der Waals surface area contributed by atoms with E-state index >= 15 is 0 Å². The third kappa shape index (κ3) is 3.51. The molecule has 1 fully saturated rings. The number of rotatable bonds is 4. The second-order valence-electron chi connectivity index (χ2n) is 5.68. The van der Waals surface area contributed by atoms with Crippen molar-refractivity contribution in [2.24, 2.45) is 11.7 Å². The Morgan fingerprint density at radius 1 is 1.26 bits per heavy atom. The first-order valence-corrected chi connectivity index (χ1v) is 8.16. The fourth-order valence-corrected chi connectivity index (χ4v) is 3.81. The summed E-state index contributed by atoms with van der Waals surface area (Å²) in [4.78, 5) is 2.44. The molecule has 0 saturated heterocycles. The van der Waals surface area contributed by atoms with Gasteiger partial charge in [0.2, 0.25) is 0 Å². The zero-order chi connectivity index (χ0) is 13.8. The van der Waals surface area contributed by atoms with Crippen molar-refractivity contribution in [2.75, 3.05) is 11.9 Å². The van der Waals surface area contributed by atoms with Gasteiger partial charge in [-0.25, -0.2) is 0 Å². The van der Waals surface area contributed by atoms with E-state index in [0.29, 0.717) is 12.6 Å². The maximum Gasteiger partial charge on any atom is 0.0510 e. The van der Waals surface area contributed by atoms with E-state index < -0.39 is 0 Å². The van der Waals surface area contributed by atoms with Gasteiger partial charge in [0, 0.05) is 24.1 Å². The molecule has 3 heteroatoms. The molecule has 0 aliphatic heterocycles. The molecular formula is C16H25BrN2. The Balaban J connectivity index is 2.05. The van der Waals surface area contributed by atoms with E-state index in [1.54, 1.807) is 0 Å². The number of benzene rings is 1. The fraction of sp³-hybridized carbons (Fsp3) is 0.625. The Hall–Kier alpha value is -0.540. The summed E-state index contributed by atoms with van der Waals surface area (Å²) in [6.45, 7) is 2.92. The van der Waals surface area contributed by atoms with Crippen molar-refractivity contribution in [3.63, 3.8) is 0 Å². The lowest BCUT2D eigenvalue weighted by Gasteiger charge is -2.36. The van der Waals surface area contributed by atoms with Crippen molar-refractivity contribution < 1.29 is 0 Å². The summed E-state index contributed by atoms with van der Waals surface area (Å²) < 4.78 is 1.16. The van der Waals surface area contributed by atoms with Gasteiger partial charge in [0.15, 0.2) is 0 Å². The molecule has 0 spiro atoms. The number of halogens is 1. The van der Waals surface area contributed by atoms with E-state index in [0.717, 1.165) is 10.4 Å². The molecule has 106 valence electrons. The molecule has 1 aliphatic rings. The highest BCUT2D eigenvalue weighted by Gasteiger charge is 2.24. The number of nitrogens with zero attached hydrogens (tertiary/aromatic N) is 1. The summed E-state index contributed by atoms with van der Waals surface area (Å²) in [5.74, 6) is 0.952. The van der Waals surface area contributed by atoms with Gasteiger partial charge in [-0.2, -0.15) is 0 Å². The molecule has 2 rings (SSSR count). The van der Waals surface area contributed by atoms with Crippen LogP contribution >= 0.6 is 15.9 Å². The Morgan fingerprint density at radius 3 is 2.47 bits per heavy atom. The van der Waals surface area contributed by atoms with E-state index in [1.807, 2.05) is 0 Å². The third-order valence-corrected chi connectivity index (χ3v) is 5.20. The van der Waals surface area contributed by atoms with Gasteiger partial charge in [0.05, 0.1) is 5.69 Å². The molecule has 2 nitrogen and oxygen atoms in total. The van der Waals surface area contributed by atoms with Crippen LogP contribution in [-0.4, -0.2) is 13.1 Å². The Kier molecular flexibility index (Phi) is 5.28. The molecule has 0 atom stereocenters. The molecule has 19 heavy (non-hydrogen) atoms. The Bertz CT molecular complexity index is 411. The van der Waals surface area contributed by atoms with E-state index in [-0.39, 0.29) is 0 Å². The summed E-state index contributed by atoms with van der Waals surface area (Å²) in [5, 5.41) is 0. The lowest BCUT2D eigenvalue weighted by molar-refractivity contribution is 0.313. The van der Waals surface area contributed by atoms with Gasteiger partial charge in [-0.1, -0.05) is 19.4 Å². The minimum atomic E-state index is 0.601. The highest BCUT2D eigenvalue weighted by atomic mass is 79.9. The molecule has 1 aromatic carbocycles. The highest BCUT2D eigenvalue weighted by molar-refractivity contribution is 9.10. The van der Waals surface area contributed by atoms with Crippen LogP contribution in [0.15, 0.2) is 22.7 Å². The maximum atomic E-state index is 5.68. The first kappa shape index (κ1) is 14.9. The zero-order valence-corrected chi connectivity index (χ0v) is 13.6. The van der Waals surface area contributed by atoms with Crippen LogP contribution in [0.4, 0.5) is 5.69 Å². The smallest absolute Gasteiger partial charge is 0.0510 e. The van der Waals surface area contributed by atoms with Gasteiger partial charge in [-0.3, -0.25) is 0 Å². The molecule has 0 aromatic heterocycles. The largest absolute Gasteiger partial charge is 0.371 e. The zero-order valence-electron chi connectivity index (χ0n) is 12.0. The fourth-order valence-electron chi connectivity index (χ4n) is 3.10. The van der Waals surface area contributed by atoms with Crippen LogP contribution in [0.1, 0.15) is 44.6 Å². The van der Waals surface area contributed by atoms with Crippen LogP contribution in [-0.2, 0) is 6.54 Å². The van der Waals surface area contributed by atoms with Crippen LogP contribution in [0.3, 0.4) is 0 Å². The van der Waals surface area contributed by atoms with E-state index in [4.69, 9.17) is 5.73 Å². The molecule has 1 aromatic rings. The maximum absolute atomic E-state index is 5.68. The minimum absolute atomic E-state index is 0.601. The molecule has 0 bridgehead atoms. The number of hydrogen-bond acceptors (Lipinski definition) is 2. The predicted molar refractivity (Wildman–Crippen MR) is 86.5 cm³/mol. The molecule has 1 saturated carbocycles. The molecule has 2 N–H and O–H groups in total. The molecule has 0 amide bonds. The molecule has 0 radical (unpaired) electrons. The average molecular weight is 325 g/mol. The molecular weight excluding hydrogens is 300 g/mol. The molecule has 1 aliphatic carbocycles. The summed E-state index contributed by atoms with van der Waals surface area (Å²) >= 11 is 3.68. The van der Waals surface area contributed by atoms with Gasteiger partial charge in [0.25, 0.3) is 0 Å². The first-order valence-electron chi connectivity index (χ1n) is 7.37. The Morgan fingerprint density at radius 2 is 1.95 bits per heavy atom. The average Bonchev–Trinajstić information content (AvgIpc) is 2.46. The van der Waals surface area contributed by atoms with Crippen molar-refractivity contribution in [3.05, 3.63) is 28.2 Å². The number of anilines is 1. The predicted octanol–water partition coefficient (Wildman–Crippen LogP) is 4.31. The van der Waals surface area contributed by atoms with Crippen LogP contribution in [0.2, 0.25) is 0 Å². The van der Waals surface area contributed by atoms with E-state index in [1.165, 1.54) is 43.4 Å². The summed E-state index contributed by atoms with van der Waals surface area (Å²) in [6.07, 6.45) is 6.74. The normalized spacial score (nSPS) is 23.4. The van der Waals surface area contributed by atoms with Crippen molar-refractivity contribution in [1.29, 1.82) is 0 Å². The summed E-state index contributed by atoms with van der Waals surface area (Å²) in [7, 11) is 2.22. The molecule has 0 unspecified atom stereocenters. The summed E-state index contributed by atoms with van der Waals surface area (Å²) in [5.41, 5.74) is 8.15. The van der Waals surface area contributed by atoms with Gasteiger partial charge in [-0.15, -0.1) is 0 Å². The number of hydrogen-bond donors (Lipinski definition) is 1. The van der Waals surface area contributed by atoms with E-state index in [9.17, 15) is 0 Å². The number of nitrogens with two attached hydrogens (primary N) is 1. The third-order valence-electron chi connectivity index (χ3n) is 4.57. The van der Waals surface area contributed by atoms with Crippen molar-refractivity contribution >= 4 is 21.6 Å².